The molecule has 1 N–H and O–H groups in total. The van der Waals surface area contributed by atoms with Crippen molar-refractivity contribution in [3.8, 4) is 0 Å². The van der Waals surface area contributed by atoms with Crippen LogP contribution >= 0.6 is 0 Å². The highest BCUT2D eigenvalue weighted by Gasteiger charge is 2.25. The molecule has 0 aliphatic carbocycles. The summed E-state index contributed by atoms with van der Waals surface area (Å²) in [4.78, 5) is 15.0. The van der Waals surface area contributed by atoms with Gasteiger partial charge in [-0.05, 0) is 55.7 Å². The number of nitrogens with zero attached hydrogens (tertiary/aromatic N) is 1. The van der Waals surface area contributed by atoms with Crippen LogP contribution in [0.2, 0.25) is 0 Å². The molecular weight excluding hydrogens is 284 g/mol. The fraction of sp³-hybridized carbons (Fsp3) is 0.450. The lowest BCUT2D eigenvalue weighted by molar-refractivity contribution is -0.127. The van der Waals surface area contributed by atoms with E-state index in [-0.39, 0.29) is 17.9 Å². The Kier molecular flexibility index (Phi) is 4.97. The van der Waals surface area contributed by atoms with E-state index in [0.717, 1.165) is 32.5 Å². The highest BCUT2D eigenvalue weighted by Crippen LogP contribution is 2.25. The minimum atomic E-state index is 0.0396. The quantitative estimate of drug-likeness (QED) is 0.933. The van der Waals surface area contributed by atoms with Crippen molar-refractivity contribution in [3.63, 3.8) is 0 Å². The van der Waals surface area contributed by atoms with E-state index >= 15 is 0 Å². The first-order valence-corrected chi connectivity index (χ1v) is 8.69. The van der Waals surface area contributed by atoms with Crippen LogP contribution in [0.15, 0.2) is 42.5 Å². The fourth-order valence-corrected chi connectivity index (χ4v) is 3.55. The summed E-state index contributed by atoms with van der Waals surface area (Å²) in [6.45, 7) is 7.43. The third-order valence-corrected chi connectivity index (χ3v) is 5.05. The van der Waals surface area contributed by atoms with Crippen LogP contribution in [-0.4, -0.2) is 30.4 Å². The van der Waals surface area contributed by atoms with E-state index in [9.17, 15) is 4.79 Å². The van der Waals surface area contributed by atoms with Crippen LogP contribution in [0.4, 0.5) is 0 Å². The summed E-state index contributed by atoms with van der Waals surface area (Å²) >= 11 is 0. The molecule has 2 aromatic carbocycles. The molecule has 1 unspecified atom stereocenters. The largest absolute Gasteiger partial charge is 0.349 e. The molecule has 0 aromatic heterocycles. The molecule has 0 bridgehead atoms. The number of piperidine rings is 1. The maximum Gasteiger partial charge on any atom is 0.223 e. The molecule has 3 rings (SSSR count). The molecule has 1 fully saturated rings. The fourth-order valence-electron chi connectivity index (χ4n) is 3.55. The van der Waals surface area contributed by atoms with Gasteiger partial charge < -0.3 is 10.2 Å². The maximum absolute atomic E-state index is 12.6. The van der Waals surface area contributed by atoms with Gasteiger partial charge >= 0.3 is 0 Å². The predicted molar refractivity (Wildman–Crippen MR) is 95.3 cm³/mol. The van der Waals surface area contributed by atoms with E-state index in [4.69, 9.17) is 0 Å². The lowest BCUT2D eigenvalue weighted by Gasteiger charge is -2.31. The first-order valence-electron chi connectivity index (χ1n) is 8.69. The van der Waals surface area contributed by atoms with E-state index in [1.54, 1.807) is 0 Å². The van der Waals surface area contributed by atoms with E-state index in [1.165, 1.54) is 16.3 Å². The average Bonchev–Trinajstić information content (AvgIpc) is 2.61. The first kappa shape index (κ1) is 16.0. The molecule has 0 radical (unpaired) electrons. The van der Waals surface area contributed by atoms with Gasteiger partial charge in [0.25, 0.3) is 0 Å². The first-order chi connectivity index (χ1) is 11.2. The van der Waals surface area contributed by atoms with Gasteiger partial charge in [0, 0.05) is 5.92 Å². The van der Waals surface area contributed by atoms with Gasteiger partial charge in [-0.15, -0.1) is 0 Å². The van der Waals surface area contributed by atoms with Crippen molar-refractivity contribution >= 4 is 16.7 Å². The molecular formula is C20H26N2O. The highest BCUT2D eigenvalue weighted by molar-refractivity contribution is 5.87. The second-order valence-electron chi connectivity index (χ2n) is 6.51. The maximum atomic E-state index is 12.6. The van der Waals surface area contributed by atoms with Crippen LogP contribution in [0.1, 0.15) is 38.3 Å². The zero-order valence-electron chi connectivity index (χ0n) is 14.1. The number of rotatable bonds is 4. The zero-order valence-corrected chi connectivity index (χ0v) is 14.1. The van der Waals surface area contributed by atoms with Crippen molar-refractivity contribution in [2.75, 3.05) is 19.6 Å². The number of nitrogens with one attached hydrogen (secondary N) is 1. The van der Waals surface area contributed by atoms with Gasteiger partial charge in [-0.3, -0.25) is 4.79 Å². The second kappa shape index (κ2) is 7.14. The molecule has 1 heterocycles. The Labute approximate surface area is 138 Å². The van der Waals surface area contributed by atoms with E-state index in [0.29, 0.717) is 0 Å². The Morgan fingerprint density at radius 2 is 1.87 bits per heavy atom. The molecule has 1 saturated heterocycles. The Morgan fingerprint density at radius 3 is 2.61 bits per heavy atom. The van der Waals surface area contributed by atoms with Crippen molar-refractivity contribution in [1.82, 2.24) is 10.2 Å². The lowest BCUT2D eigenvalue weighted by Crippen LogP contribution is -2.41. The van der Waals surface area contributed by atoms with Gasteiger partial charge in [0.15, 0.2) is 0 Å². The Morgan fingerprint density at radius 1 is 1.17 bits per heavy atom. The third-order valence-electron chi connectivity index (χ3n) is 5.05. The van der Waals surface area contributed by atoms with Crippen molar-refractivity contribution in [3.05, 3.63) is 48.0 Å². The molecule has 1 atom stereocenters. The summed E-state index contributed by atoms with van der Waals surface area (Å²) in [6.07, 6.45) is 1.95. The Balaban J connectivity index is 1.69. The van der Waals surface area contributed by atoms with Gasteiger partial charge in [-0.1, -0.05) is 49.4 Å². The minimum absolute atomic E-state index is 0.0396. The molecule has 23 heavy (non-hydrogen) atoms. The number of amides is 1. The van der Waals surface area contributed by atoms with Crippen LogP contribution in [0.3, 0.4) is 0 Å². The average molecular weight is 310 g/mol. The van der Waals surface area contributed by atoms with Gasteiger partial charge in [0.05, 0.1) is 6.04 Å². The summed E-state index contributed by atoms with van der Waals surface area (Å²) in [5.41, 5.74) is 1.20. The molecule has 3 heteroatoms. The van der Waals surface area contributed by atoms with Crippen molar-refractivity contribution < 1.29 is 4.79 Å². The van der Waals surface area contributed by atoms with Crippen molar-refractivity contribution in [2.45, 2.75) is 32.7 Å². The molecule has 122 valence electrons. The smallest absolute Gasteiger partial charge is 0.223 e. The zero-order chi connectivity index (χ0) is 16.2. The normalized spacial score (nSPS) is 18.0. The van der Waals surface area contributed by atoms with Gasteiger partial charge in [0.1, 0.15) is 0 Å². The van der Waals surface area contributed by atoms with Crippen LogP contribution in [0.25, 0.3) is 10.8 Å². The monoisotopic (exact) mass is 310 g/mol. The standard InChI is InChI=1S/C20H26N2O/c1-3-22-13-11-17(12-14-22)20(23)21-15(2)18-10-6-8-16-7-4-5-9-19(16)18/h4-10,15,17H,3,11-14H2,1-2H3,(H,21,23). The number of hydrogen-bond donors (Lipinski definition) is 1. The minimum Gasteiger partial charge on any atom is -0.349 e. The molecule has 0 spiro atoms. The number of fused-ring (bicyclic) bond motifs is 1. The number of carbonyl (C=O) groups excluding carboxylic acids is 1. The number of hydrogen-bond acceptors (Lipinski definition) is 2. The Bertz CT molecular complexity index is 669. The Hall–Kier alpha value is -1.87. The summed E-state index contributed by atoms with van der Waals surface area (Å²) in [5.74, 6) is 0.372. The van der Waals surface area contributed by atoms with Gasteiger partial charge in [0.2, 0.25) is 5.91 Å². The molecule has 2 aromatic rings. The molecule has 0 saturated carbocycles. The summed E-state index contributed by atoms with van der Waals surface area (Å²) < 4.78 is 0. The number of carbonyl (C=O) groups is 1. The van der Waals surface area contributed by atoms with E-state index < -0.39 is 0 Å². The van der Waals surface area contributed by atoms with E-state index in [1.807, 2.05) is 0 Å². The van der Waals surface area contributed by atoms with Crippen LogP contribution in [0, 0.1) is 5.92 Å². The SMILES string of the molecule is CCN1CCC(C(=O)NC(C)c2cccc3ccccc23)CC1. The molecule has 1 amide bonds. The highest BCUT2D eigenvalue weighted by atomic mass is 16.1. The van der Waals surface area contributed by atoms with Crippen LogP contribution in [0.5, 0.6) is 0 Å². The van der Waals surface area contributed by atoms with Crippen LogP contribution < -0.4 is 5.32 Å². The van der Waals surface area contributed by atoms with Gasteiger partial charge in [-0.25, -0.2) is 0 Å². The number of likely N-dealkylation sites (tertiary alicyclic amines) is 1. The third kappa shape index (κ3) is 3.56. The second-order valence-corrected chi connectivity index (χ2v) is 6.51. The van der Waals surface area contributed by atoms with Crippen molar-refractivity contribution in [2.24, 2.45) is 5.92 Å². The topological polar surface area (TPSA) is 32.3 Å². The van der Waals surface area contributed by atoms with E-state index in [2.05, 4.69) is 66.5 Å². The van der Waals surface area contributed by atoms with Crippen LogP contribution in [-0.2, 0) is 4.79 Å². The van der Waals surface area contributed by atoms with Gasteiger partial charge in [-0.2, -0.15) is 0 Å². The molecule has 1 aliphatic rings. The molecule has 3 nitrogen and oxygen atoms in total. The summed E-state index contributed by atoms with van der Waals surface area (Å²) in [5, 5.41) is 5.68. The summed E-state index contributed by atoms with van der Waals surface area (Å²) in [6, 6.07) is 14.7. The molecule has 1 aliphatic heterocycles. The number of benzene rings is 2. The summed E-state index contributed by atoms with van der Waals surface area (Å²) in [7, 11) is 0. The van der Waals surface area contributed by atoms with Crippen molar-refractivity contribution in [1.29, 1.82) is 0 Å². The lowest BCUT2D eigenvalue weighted by atomic mass is 9.94. The predicted octanol–water partition coefficient (Wildman–Crippen LogP) is 3.75.